The Balaban J connectivity index is 3.28. The van der Waals surface area contributed by atoms with Gasteiger partial charge in [-0.2, -0.15) is 0 Å². The van der Waals surface area contributed by atoms with Gasteiger partial charge in [0.05, 0.1) is 29.8 Å². The van der Waals surface area contributed by atoms with E-state index in [0.29, 0.717) is 0 Å². The third-order valence-electron chi connectivity index (χ3n) is 2.14. The SMILES string of the molecule is CCOC(=O)Cc1ncc(Cl)c([N+](=O)[O-])c1C(F)F. The minimum Gasteiger partial charge on any atom is -0.466 e. The van der Waals surface area contributed by atoms with Crippen LogP contribution in [-0.4, -0.2) is 22.5 Å². The smallest absolute Gasteiger partial charge is 0.311 e. The summed E-state index contributed by atoms with van der Waals surface area (Å²) in [5.41, 5.74) is -2.30. The zero-order valence-corrected chi connectivity index (χ0v) is 10.5. The number of nitro groups is 1. The Morgan fingerprint density at radius 3 is 2.74 bits per heavy atom. The van der Waals surface area contributed by atoms with Crippen molar-refractivity contribution in [1.29, 1.82) is 0 Å². The Morgan fingerprint density at radius 1 is 1.63 bits per heavy atom. The minimum absolute atomic E-state index is 0.0680. The van der Waals surface area contributed by atoms with Crippen LogP contribution in [-0.2, 0) is 16.0 Å². The predicted octanol–water partition coefficient (Wildman–Crippen LogP) is 2.69. The number of esters is 1. The maximum atomic E-state index is 12.9. The van der Waals surface area contributed by atoms with Gasteiger partial charge in [-0.05, 0) is 6.92 Å². The Bertz CT molecular complexity index is 511. The molecule has 9 heteroatoms. The summed E-state index contributed by atoms with van der Waals surface area (Å²) in [6, 6.07) is 0. The first kappa shape index (κ1) is 15.2. The average molecular weight is 295 g/mol. The van der Waals surface area contributed by atoms with E-state index in [2.05, 4.69) is 9.72 Å². The molecule has 0 aliphatic heterocycles. The normalized spacial score (nSPS) is 10.6. The van der Waals surface area contributed by atoms with Crippen LogP contribution in [0.1, 0.15) is 24.6 Å². The van der Waals surface area contributed by atoms with E-state index in [1.54, 1.807) is 6.92 Å². The average Bonchev–Trinajstić information content (AvgIpc) is 2.30. The molecule has 0 saturated carbocycles. The molecular formula is C10H9ClF2N2O4. The lowest BCUT2D eigenvalue weighted by molar-refractivity contribution is -0.386. The number of carbonyl (C=O) groups is 1. The number of carbonyl (C=O) groups excluding carboxylic acids is 1. The molecular weight excluding hydrogens is 286 g/mol. The molecule has 0 amide bonds. The Morgan fingerprint density at radius 2 is 2.26 bits per heavy atom. The van der Waals surface area contributed by atoms with Gasteiger partial charge in [0.15, 0.2) is 0 Å². The summed E-state index contributed by atoms with van der Waals surface area (Å²) < 4.78 is 30.4. The van der Waals surface area contributed by atoms with Gasteiger partial charge >= 0.3 is 5.97 Å². The first-order chi connectivity index (χ1) is 8.88. The van der Waals surface area contributed by atoms with Gasteiger partial charge in [-0.15, -0.1) is 0 Å². The van der Waals surface area contributed by atoms with Crippen molar-refractivity contribution in [3.05, 3.63) is 32.6 Å². The van der Waals surface area contributed by atoms with Crippen molar-refractivity contribution in [3.63, 3.8) is 0 Å². The van der Waals surface area contributed by atoms with Crippen LogP contribution in [0.5, 0.6) is 0 Å². The van der Waals surface area contributed by atoms with E-state index >= 15 is 0 Å². The molecule has 104 valence electrons. The maximum absolute atomic E-state index is 12.9. The molecule has 0 radical (unpaired) electrons. The number of pyridine rings is 1. The Hall–Kier alpha value is -1.83. The van der Waals surface area contributed by atoms with E-state index in [1.807, 2.05) is 0 Å². The molecule has 0 saturated heterocycles. The van der Waals surface area contributed by atoms with Crippen molar-refractivity contribution >= 4 is 23.3 Å². The minimum atomic E-state index is -3.17. The molecule has 19 heavy (non-hydrogen) atoms. The molecule has 6 nitrogen and oxygen atoms in total. The van der Waals surface area contributed by atoms with Gasteiger partial charge in [0.25, 0.3) is 12.1 Å². The summed E-state index contributed by atoms with van der Waals surface area (Å²) in [5.74, 6) is -0.798. The number of rotatable bonds is 5. The van der Waals surface area contributed by atoms with Crippen LogP contribution in [0.2, 0.25) is 5.02 Å². The fraction of sp³-hybridized carbons (Fsp3) is 0.400. The Kier molecular flexibility index (Phi) is 5.11. The molecule has 0 aromatic carbocycles. The van der Waals surface area contributed by atoms with Gasteiger partial charge in [0.2, 0.25) is 0 Å². The number of ether oxygens (including phenoxy) is 1. The second-order valence-electron chi connectivity index (χ2n) is 3.35. The number of nitrogens with zero attached hydrogens (tertiary/aromatic N) is 2. The quantitative estimate of drug-likeness (QED) is 0.474. The lowest BCUT2D eigenvalue weighted by atomic mass is 10.1. The largest absolute Gasteiger partial charge is 0.466 e. The molecule has 0 fully saturated rings. The first-order valence-electron chi connectivity index (χ1n) is 5.13. The van der Waals surface area contributed by atoms with Crippen LogP contribution in [0, 0.1) is 10.1 Å². The molecule has 0 aliphatic carbocycles. The summed E-state index contributed by atoms with van der Waals surface area (Å²) in [7, 11) is 0. The lowest BCUT2D eigenvalue weighted by Crippen LogP contribution is -2.12. The van der Waals surface area contributed by atoms with Crippen LogP contribution >= 0.6 is 11.6 Å². The summed E-state index contributed by atoms with van der Waals surface area (Å²) in [4.78, 5) is 24.5. The highest BCUT2D eigenvalue weighted by Gasteiger charge is 2.30. The predicted molar refractivity (Wildman–Crippen MR) is 61.2 cm³/mol. The lowest BCUT2D eigenvalue weighted by Gasteiger charge is -2.09. The van der Waals surface area contributed by atoms with Crippen molar-refractivity contribution in [2.75, 3.05) is 6.61 Å². The number of halogens is 3. The van der Waals surface area contributed by atoms with E-state index in [1.165, 1.54) is 0 Å². The second kappa shape index (κ2) is 6.37. The van der Waals surface area contributed by atoms with Gasteiger partial charge < -0.3 is 4.74 Å². The molecule has 0 unspecified atom stereocenters. The first-order valence-corrected chi connectivity index (χ1v) is 5.51. The second-order valence-corrected chi connectivity index (χ2v) is 3.76. The highest BCUT2D eigenvalue weighted by Crippen LogP contribution is 2.36. The van der Waals surface area contributed by atoms with E-state index in [9.17, 15) is 23.7 Å². The molecule has 1 aromatic rings. The number of hydrogen-bond acceptors (Lipinski definition) is 5. The summed E-state index contributed by atoms with van der Waals surface area (Å²) in [6.45, 7) is 1.61. The summed E-state index contributed by atoms with van der Waals surface area (Å²) in [5, 5.41) is 10.2. The maximum Gasteiger partial charge on any atom is 0.311 e. The number of alkyl halides is 2. The third-order valence-corrected chi connectivity index (χ3v) is 2.42. The molecule has 0 spiro atoms. The molecule has 0 bridgehead atoms. The summed E-state index contributed by atoms with van der Waals surface area (Å²) in [6.07, 6.45) is -2.89. The van der Waals surface area contributed by atoms with Crippen molar-refractivity contribution in [1.82, 2.24) is 4.98 Å². The number of hydrogen-bond donors (Lipinski definition) is 0. The van der Waals surface area contributed by atoms with Gasteiger partial charge in [0.1, 0.15) is 10.6 Å². The standard InChI is InChI=1S/C10H9ClF2N2O4/c1-2-19-7(16)3-6-8(10(12)13)9(15(17)18)5(11)4-14-6/h4,10H,2-3H2,1H3. The van der Waals surface area contributed by atoms with Crippen molar-refractivity contribution in [2.45, 2.75) is 19.8 Å². The van der Waals surface area contributed by atoms with E-state index in [-0.39, 0.29) is 6.61 Å². The van der Waals surface area contributed by atoms with Crippen LogP contribution in [0.3, 0.4) is 0 Å². The van der Waals surface area contributed by atoms with Crippen molar-refractivity contribution in [2.24, 2.45) is 0 Å². The van der Waals surface area contributed by atoms with Crippen LogP contribution in [0.15, 0.2) is 6.20 Å². The van der Waals surface area contributed by atoms with Gasteiger partial charge in [-0.25, -0.2) is 8.78 Å². The number of aromatic nitrogens is 1. The molecule has 0 N–H and O–H groups in total. The topological polar surface area (TPSA) is 82.3 Å². The monoisotopic (exact) mass is 294 g/mol. The highest BCUT2D eigenvalue weighted by atomic mass is 35.5. The zero-order chi connectivity index (χ0) is 14.6. The molecule has 0 aliphatic rings. The fourth-order valence-corrected chi connectivity index (χ4v) is 1.65. The fourth-order valence-electron chi connectivity index (χ4n) is 1.44. The highest BCUT2D eigenvalue weighted by molar-refractivity contribution is 6.32. The van der Waals surface area contributed by atoms with E-state index in [4.69, 9.17) is 11.6 Å². The van der Waals surface area contributed by atoms with Gasteiger partial charge in [0, 0.05) is 0 Å². The van der Waals surface area contributed by atoms with Gasteiger partial charge in [-0.3, -0.25) is 19.9 Å². The Labute approximate surface area is 111 Å². The molecule has 1 rings (SSSR count). The molecule has 0 atom stereocenters. The van der Waals surface area contributed by atoms with Crippen molar-refractivity contribution in [3.8, 4) is 0 Å². The van der Waals surface area contributed by atoms with Crippen molar-refractivity contribution < 1.29 is 23.2 Å². The van der Waals surface area contributed by atoms with Crippen LogP contribution in [0.4, 0.5) is 14.5 Å². The van der Waals surface area contributed by atoms with Crippen LogP contribution < -0.4 is 0 Å². The summed E-state index contributed by atoms with van der Waals surface area (Å²) >= 11 is 5.48. The van der Waals surface area contributed by atoms with E-state index < -0.39 is 45.7 Å². The third kappa shape index (κ3) is 3.57. The zero-order valence-electron chi connectivity index (χ0n) is 9.73. The van der Waals surface area contributed by atoms with Crippen LogP contribution in [0.25, 0.3) is 0 Å². The van der Waals surface area contributed by atoms with Gasteiger partial charge in [-0.1, -0.05) is 11.6 Å². The molecule has 1 heterocycles. The molecule has 1 aromatic heterocycles. The van der Waals surface area contributed by atoms with E-state index in [0.717, 1.165) is 6.20 Å².